The highest BCUT2D eigenvalue weighted by atomic mass is 19.4. The quantitative estimate of drug-likeness (QED) is 0.795. The van der Waals surface area contributed by atoms with Gasteiger partial charge in [-0.25, -0.2) is 0 Å². The molecule has 1 rings (SSSR count). The highest BCUT2D eigenvalue weighted by Gasteiger charge is 2.47. The van der Waals surface area contributed by atoms with Crippen LogP contribution in [0.4, 0.5) is 13.2 Å². The fraction of sp³-hybridized carbons (Fsp3) is 1.00. The van der Waals surface area contributed by atoms with Crippen LogP contribution < -0.4 is 5.73 Å². The molecule has 1 aliphatic rings. The molecule has 96 valence electrons. The van der Waals surface area contributed by atoms with Crippen LogP contribution in [0.25, 0.3) is 0 Å². The molecule has 0 heterocycles. The third-order valence-corrected chi connectivity index (χ3v) is 3.53. The van der Waals surface area contributed by atoms with Gasteiger partial charge in [0.2, 0.25) is 0 Å². The van der Waals surface area contributed by atoms with Crippen LogP contribution in [0.2, 0.25) is 0 Å². The molecule has 2 N–H and O–H groups in total. The van der Waals surface area contributed by atoms with E-state index in [1.165, 1.54) is 0 Å². The van der Waals surface area contributed by atoms with Gasteiger partial charge < -0.3 is 5.73 Å². The van der Waals surface area contributed by atoms with Crippen LogP contribution in [-0.2, 0) is 0 Å². The Morgan fingerprint density at radius 1 is 1.19 bits per heavy atom. The number of hydrogen-bond acceptors (Lipinski definition) is 1. The lowest BCUT2D eigenvalue weighted by atomic mass is 9.73. The molecule has 0 aromatic carbocycles. The fourth-order valence-corrected chi connectivity index (χ4v) is 2.80. The van der Waals surface area contributed by atoms with E-state index in [2.05, 4.69) is 0 Å². The zero-order valence-corrected chi connectivity index (χ0v) is 10.1. The molecule has 3 unspecified atom stereocenters. The van der Waals surface area contributed by atoms with Gasteiger partial charge in [0.1, 0.15) is 0 Å². The van der Waals surface area contributed by atoms with Crippen molar-refractivity contribution in [2.24, 2.45) is 23.5 Å². The summed E-state index contributed by atoms with van der Waals surface area (Å²) in [5.41, 5.74) is 5.94. The predicted octanol–water partition coefficient (Wildman–Crippen LogP) is 3.73. The Morgan fingerprint density at radius 3 is 2.25 bits per heavy atom. The molecule has 0 spiro atoms. The van der Waals surface area contributed by atoms with E-state index in [0.717, 1.165) is 6.42 Å². The number of alkyl halides is 3. The average molecular weight is 237 g/mol. The van der Waals surface area contributed by atoms with Gasteiger partial charge in [0, 0.05) is 6.04 Å². The summed E-state index contributed by atoms with van der Waals surface area (Å²) >= 11 is 0. The van der Waals surface area contributed by atoms with E-state index in [9.17, 15) is 13.2 Å². The average Bonchev–Trinajstić information content (AvgIpc) is 2.15. The molecule has 0 aromatic rings. The van der Waals surface area contributed by atoms with Crippen molar-refractivity contribution in [2.75, 3.05) is 0 Å². The van der Waals surface area contributed by atoms with E-state index in [0.29, 0.717) is 25.2 Å². The maximum Gasteiger partial charge on any atom is 0.392 e. The molecule has 4 heteroatoms. The van der Waals surface area contributed by atoms with E-state index in [1.807, 2.05) is 13.8 Å². The molecule has 3 atom stereocenters. The van der Waals surface area contributed by atoms with Crippen molar-refractivity contribution in [2.45, 2.75) is 58.2 Å². The van der Waals surface area contributed by atoms with Crippen LogP contribution in [0.1, 0.15) is 46.0 Å². The maximum absolute atomic E-state index is 12.8. The third-order valence-electron chi connectivity index (χ3n) is 3.53. The fourth-order valence-electron chi connectivity index (χ4n) is 2.80. The van der Waals surface area contributed by atoms with Crippen molar-refractivity contribution in [3.05, 3.63) is 0 Å². The number of rotatable bonds is 3. The highest BCUT2D eigenvalue weighted by molar-refractivity contribution is 4.87. The lowest BCUT2D eigenvalue weighted by Gasteiger charge is -2.37. The van der Waals surface area contributed by atoms with Gasteiger partial charge in [0.05, 0.1) is 5.92 Å². The number of nitrogens with two attached hydrogens (primary N) is 1. The second-order valence-electron chi connectivity index (χ2n) is 5.39. The zero-order valence-electron chi connectivity index (χ0n) is 10.1. The first-order valence-corrected chi connectivity index (χ1v) is 6.14. The lowest BCUT2D eigenvalue weighted by Crippen LogP contribution is -2.43. The van der Waals surface area contributed by atoms with Crippen LogP contribution in [0.15, 0.2) is 0 Å². The minimum absolute atomic E-state index is 0.264. The van der Waals surface area contributed by atoms with Gasteiger partial charge >= 0.3 is 6.18 Å². The van der Waals surface area contributed by atoms with E-state index in [1.54, 1.807) is 0 Å². The van der Waals surface area contributed by atoms with Gasteiger partial charge in [-0.3, -0.25) is 0 Å². The van der Waals surface area contributed by atoms with Crippen LogP contribution >= 0.6 is 0 Å². The highest BCUT2D eigenvalue weighted by Crippen LogP contribution is 2.43. The number of halogens is 3. The van der Waals surface area contributed by atoms with Crippen molar-refractivity contribution in [3.8, 4) is 0 Å². The predicted molar refractivity (Wildman–Crippen MR) is 58.9 cm³/mol. The van der Waals surface area contributed by atoms with Crippen molar-refractivity contribution in [1.29, 1.82) is 0 Å². The molecule has 1 fully saturated rings. The lowest BCUT2D eigenvalue weighted by molar-refractivity contribution is -0.198. The van der Waals surface area contributed by atoms with E-state index in [-0.39, 0.29) is 18.4 Å². The van der Waals surface area contributed by atoms with Crippen molar-refractivity contribution >= 4 is 0 Å². The van der Waals surface area contributed by atoms with E-state index < -0.39 is 12.1 Å². The summed E-state index contributed by atoms with van der Waals surface area (Å²) in [6.45, 7) is 4.01. The Labute approximate surface area is 95.6 Å². The van der Waals surface area contributed by atoms with Crippen molar-refractivity contribution in [3.63, 3.8) is 0 Å². The zero-order chi connectivity index (χ0) is 12.3. The molecular formula is C12H22F3N. The van der Waals surface area contributed by atoms with Crippen LogP contribution in [0.5, 0.6) is 0 Å². The first-order chi connectivity index (χ1) is 7.32. The Morgan fingerprint density at radius 2 is 1.75 bits per heavy atom. The van der Waals surface area contributed by atoms with E-state index >= 15 is 0 Å². The van der Waals surface area contributed by atoms with Gasteiger partial charge in [-0.1, -0.05) is 26.7 Å². The van der Waals surface area contributed by atoms with Gasteiger partial charge in [-0.05, 0) is 31.1 Å². The smallest absolute Gasteiger partial charge is 0.327 e. The summed E-state index contributed by atoms with van der Waals surface area (Å²) < 4.78 is 38.5. The first kappa shape index (κ1) is 13.8. The molecular weight excluding hydrogens is 215 g/mol. The molecule has 0 bridgehead atoms. The summed E-state index contributed by atoms with van der Waals surface area (Å²) in [5.74, 6) is -1.17. The standard InChI is InChI=1S/C12H22F3N/c1-8(2)7-11(16)9-5-3-4-6-10(9)12(13,14)15/h8-11H,3-7,16H2,1-2H3. The van der Waals surface area contributed by atoms with Crippen LogP contribution in [-0.4, -0.2) is 12.2 Å². The normalized spacial score (nSPS) is 29.4. The Bertz CT molecular complexity index is 213. The van der Waals surface area contributed by atoms with Gasteiger partial charge in [0.25, 0.3) is 0 Å². The molecule has 16 heavy (non-hydrogen) atoms. The maximum atomic E-state index is 12.8. The Balaban J connectivity index is 2.66. The summed E-state index contributed by atoms with van der Waals surface area (Å²) in [4.78, 5) is 0. The second-order valence-corrected chi connectivity index (χ2v) is 5.39. The van der Waals surface area contributed by atoms with Gasteiger partial charge in [0.15, 0.2) is 0 Å². The summed E-state index contributed by atoms with van der Waals surface area (Å²) in [6.07, 6.45) is -0.896. The molecule has 0 aromatic heterocycles. The monoisotopic (exact) mass is 237 g/mol. The van der Waals surface area contributed by atoms with Gasteiger partial charge in [-0.15, -0.1) is 0 Å². The van der Waals surface area contributed by atoms with E-state index in [4.69, 9.17) is 5.73 Å². The first-order valence-electron chi connectivity index (χ1n) is 6.14. The molecule has 0 amide bonds. The Kier molecular flexibility index (Phi) is 4.65. The van der Waals surface area contributed by atoms with Gasteiger partial charge in [-0.2, -0.15) is 13.2 Å². The van der Waals surface area contributed by atoms with Crippen molar-refractivity contribution in [1.82, 2.24) is 0 Å². The Hall–Kier alpha value is -0.250. The molecule has 0 saturated heterocycles. The summed E-state index contributed by atoms with van der Waals surface area (Å²) in [6, 6.07) is -0.299. The summed E-state index contributed by atoms with van der Waals surface area (Å²) in [5, 5.41) is 0. The molecule has 1 nitrogen and oxygen atoms in total. The molecule has 0 radical (unpaired) electrons. The largest absolute Gasteiger partial charge is 0.392 e. The van der Waals surface area contributed by atoms with Crippen LogP contribution in [0, 0.1) is 17.8 Å². The minimum atomic E-state index is -4.07. The summed E-state index contributed by atoms with van der Waals surface area (Å²) in [7, 11) is 0. The number of hydrogen-bond donors (Lipinski definition) is 1. The minimum Gasteiger partial charge on any atom is -0.327 e. The molecule has 0 aliphatic heterocycles. The topological polar surface area (TPSA) is 26.0 Å². The van der Waals surface area contributed by atoms with Crippen molar-refractivity contribution < 1.29 is 13.2 Å². The SMILES string of the molecule is CC(C)CC(N)C1CCCCC1C(F)(F)F. The molecule has 1 saturated carbocycles. The third kappa shape index (κ3) is 3.65. The second kappa shape index (κ2) is 5.39. The van der Waals surface area contributed by atoms with Crippen LogP contribution in [0.3, 0.4) is 0 Å². The molecule has 1 aliphatic carbocycles.